The Hall–Kier alpha value is -1.58. The zero-order chi connectivity index (χ0) is 14.5. The Morgan fingerprint density at radius 2 is 2.10 bits per heavy atom. The number of halogens is 1. The molecule has 2 aromatic rings. The van der Waals surface area contributed by atoms with Crippen molar-refractivity contribution >= 4 is 17.3 Å². The summed E-state index contributed by atoms with van der Waals surface area (Å²) in [5.41, 5.74) is 9.15. The highest BCUT2D eigenvalue weighted by Crippen LogP contribution is 2.19. The first kappa shape index (κ1) is 14.8. The molecule has 0 unspecified atom stereocenters. The number of anilines is 1. The van der Waals surface area contributed by atoms with E-state index in [4.69, 9.17) is 17.3 Å². The lowest BCUT2D eigenvalue weighted by Gasteiger charge is -2.20. The van der Waals surface area contributed by atoms with Crippen molar-refractivity contribution in [2.24, 2.45) is 5.73 Å². The summed E-state index contributed by atoms with van der Waals surface area (Å²) in [6.45, 7) is 2.85. The van der Waals surface area contributed by atoms with Crippen molar-refractivity contribution in [1.82, 2.24) is 4.98 Å². The predicted octanol–water partition coefficient (Wildman–Crippen LogP) is 3.78. The standard InChI is InChI=1S/C16H20ClN3/c1-3-15(18)16-8-7-14(10-19-16)20(2)11-12-5-4-6-13(17)9-12/h4-10,15H,3,11,18H2,1-2H3/t15-/m1/s1. The van der Waals surface area contributed by atoms with Crippen LogP contribution < -0.4 is 10.6 Å². The molecule has 106 valence electrons. The highest BCUT2D eigenvalue weighted by atomic mass is 35.5. The topological polar surface area (TPSA) is 42.1 Å². The quantitative estimate of drug-likeness (QED) is 0.911. The van der Waals surface area contributed by atoms with Crippen molar-refractivity contribution in [2.45, 2.75) is 25.9 Å². The minimum atomic E-state index is 0.0160. The Bertz CT molecular complexity index is 554. The van der Waals surface area contributed by atoms with Crippen LogP contribution in [0.25, 0.3) is 0 Å². The second-order valence-corrected chi connectivity index (χ2v) is 5.38. The molecule has 1 aromatic carbocycles. The Kier molecular flexibility index (Phi) is 4.99. The summed E-state index contributed by atoms with van der Waals surface area (Å²) < 4.78 is 0. The number of hydrogen-bond donors (Lipinski definition) is 1. The van der Waals surface area contributed by atoms with E-state index in [1.807, 2.05) is 37.5 Å². The van der Waals surface area contributed by atoms with Gasteiger partial charge < -0.3 is 10.6 Å². The minimum absolute atomic E-state index is 0.0160. The second-order valence-electron chi connectivity index (χ2n) is 4.94. The fraction of sp³-hybridized carbons (Fsp3) is 0.312. The zero-order valence-corrected chi connectivity index (χ0v) is 12.6. The fourth-order valence-electron chi connectivity index (χ4n) is 2.05. The third-order valence-electron chi connectivity index (χ3n) is 3.34. The summed E-state index contributed by atoms with van der Waals surface area (Å²) in [5.74, 6) is 0. The van der Waals surface area contributed by atoms with Crippen molar-refractivity contribution in [3.8, 4) is 0 Å². The molecule has 0 amide bonds. The van der Waals surface area contributed by atoms with Crippen molar-refractivity contribution in [1.29, 1.82) is 0 Å². The SMILES string of the molecule is CC[C@@H](N)c1ccc(N(C)Cc2cccc(Cl)c2)cn1. The monoisotopic (exact) mass is 289 g/mol. The summed E-state index contributed by atoms with van der Waals surface area (Å²) in [6, 6.07) is 12.0. The van der Waals surface area contributed by atoms with Gasteiger partial charge in [-0.3, -0.25) is 4.98 Å². The van der Waals surface area contributed by atoms with E-state index >= 15 is 0 Å². The van der Waals surface area contributed by atoms with Gasteiger partial charge >= 0.3 is 0 Å². The summed E-state index contributed by atoms with van der Waals surface area (Å²) in [6.07, 6.45) is 2.76. The Morgan fingerprint density at radius 1 is 1.30 bits per heavy atom. The number of nitrogens with zero attached hydrogens (tertiary/aromatic N) is 2. The van der Waals surface area contributed by atoms with Crippen molar-refractivity contribution in [3.63, 3.8) is 0 Å². The summed E-state index contributed by atoms with van der Waals surface area (Å²) in [5, 5.41) is 0.762. The molecule has 2 N–H and O–H groups in total. The Morgan fingerprint density at radius 3 is 2.70 bits per heavy atom. The summed E-state index contributed by atoms with van der Waals surface area (Å²) in [4.78, 5) is 6.58. The summed E-state index contributed by atoms with van der Waals surface area (Å²) in [7, 11) is 2.04. The van der Waals surface area contributed by atoms with Gasteiger partial charge in [0.2, 0.25) is 0 Å². The van der Waals surface area contributed by atoms with Gasteiger partial charge in [0.05, 0.1) is 17.6 Å². The van der Waals surface area contributed by atoms with Gasteiger partial charge in [0.15, 0.2) is 0 Å². The molecule has 4 heteroatoms. The van der Waals surface area contributed by atoms with Crippen molar-refractivity contribution in [2.75, 3.05) is 11.9 Å². The molecule has 0 fully saturated rings. The van der Waals surface area contributed by atoms with Gasteiger partial charge in [0.1, 0.15) is 0 Å². The van der Waals surface area contributed by atoms with Crippen LogP contribution in [0.1, 0.15) is 30.6 Å². The number of rotatable bonds is 5. The number of nitrogens with two attached hydrogens (primary N) is 1. The van der Waals surface area contributed by atoms with Crippen LogP contribution in [-0.2, 0) is 6.54 Å². The van der Waals surface area contributed by atoms with Crippen LogP contribution in [-0.4, -0.2) is 12.0 Å². The van der Waals surface area contributed by atoms with Gasteiger partial charge in [-0.15, -0.1) is 0 Å². The van der Waals surface area contributed by atoms with Crippen LogP contribution in [0.5, 0.6) is 0 Å². The van der Waals surface area contributed by atoms with Crippen LogP contribution >= 0.6 is 11.6 Å². The molecule has 0 saturated heterocycles. The fourth-order valence-corrected chi connectivity index (χ4v) is 2.27. The average molecular weight is 290 g/mol. The molecular formula is C16H20ClN3. The number of hydrogen-bond acceptors (Lipinski definition) is 3. The first-order valence-corrected chi connectivity index (χ1v) is 7.15. The largest absolute Gasteiger partial charge is 0.369 e. The maximum atomic E-state index is 6.00. The molecule has 0 bridgehead atoms. The van der Waals surface area contributed by atoms with Crippen LogP contribution in [0.15, 0.2) is 42.6 Å². The smallest absolute Gasteiger partial charge is 0.0572 e. The molecule has 20 heavy (non-hydrogen) atoms. The maximum Gasteiger partial charge on any atom is 0.0572 e. The lowest BCUT2D eigenvalue weighted by atomic mass is 10.1. The summed E-state index contributed by atoms with van der Waals surface area (Å²) >= 11 is 6.00. The molecule has 0 aliphatic rings. The van der Waals surface area contributed by atoms with E-state index < -0.39 is 0 Å². The third-order valence-corrected chi connectivity index (χ3v) is 3.58. The first-order chi connectivity index (χ1) is 9.60. The van der Waals surface area contributed by atoms with Crippen LogP contribution in [0, 0.1) is 0 Å². The molecule has 1 atom stereocenters. The predicted molar refractivity (Wildman–Crippen MR) is 85.0 cm³/mol. The van der Waals surface area contributed by atoms with Gasteiger partial charge in [-0.2, -0.15) is 0 Å². The van der Waals surface area contributed by atoms with Crippen LogP contribution in [0.3, 0.4) is 0 Å². The van der Waals surface area contributed by atoms with Gasteiger partial charge in [-0.1, -0.05) is 30.7 Å². The molecular weight excluding hydrogens is 270 g/mol. The van der Waals surface area contributed by atoms with E-state index in [2.05, 4.69) is 28.9 Å². The van der Waals surface area contributed by atoms with Gasteiger partial charge in [-0.25, -0.2) is 0 Å². The molecule has 1 heterocycles. The van der Waals surface area contributed by atoms with Crippen molar-refractivity contribution < 1.29 is 0 Å². The lowest BCUT2D eigenvalue weighted by molar-refractivity contribution is 0.675. The average Bonchev–Trinajstić information content (AvgIpc) is 2.46. The highest BCUT2D eigenvalue weighted by Gasteiger charge is 2.07. The first-order valence-electron chi connectivity index (χ1n) is 6.77. The minimum Gasteiger partial charge on any atom is -0.369 e. The molecule has 0 saturated carbocycles. The molecule has 0 aliphatic heterocycles. The van der Waals surface area contributed by atoms with E-state index in [-0.39, 0.29) is 6.04 Å². The molecule has 0 aliphatic carbocycles. The number of aromatic nitrogens is 1. The van der Waals surface area contributed by atoms with Crippen LogP contribution in [0.2, 0.25) is 5.02 Å². The van der Waals surface area contributed by atoms with Crippen molar-refractivity contribution in [3.05, 3.63) is 58.9 Å². The van der Waals surface area contributed by atoms with E-state index in [1.54, 1.807) is 0 Å². The molecule has 3 nitrogen and oxygen atoms in total. The Labute approximate surface area is 125 Å². The van der Waals surface area contributed by atoms with E-state index in [1.165, 1.54) is 5.56 Å². The zero-order valence-electron chi connectivity index (χ0n) is 11.9. The van der Waals surface area contributed by atoms with E-state index in [0.29, 0.717) is 0 Å². The normalized spacial score (nSPS) is 12.2. The molecule has 2 rings (SSSR count). The number of pyridine rings is 1. The molecule has 1 aromatic heterocycles. The molecule has 0 spiro atoms. The van der Waals surface area contributed by atoms with Gasteiger partial charge in [0.25, 0.3) is 0 Å². The lowest BCUT2D eigenvalue weighted by Crippen LogP contribution is -2.17. The maximum absolute atomic E-state index is 6.00. The van der Waals surface area contributed by atoms with Crippen LogP contribution in [0.4, 0.5) is 5.69 Å². The number of benzene rings is 1. The van der Waals surface area contributed by atoms with Gasteiger partial charge in [0, 0.05) is 24.7 Å². The third kappa shape index (κ3) is 3.71. The molecule has 0 radical (unpaired) electrons. The Balaban J connectivity index is 2.07. The highest BCUT2D eigenvalue weighted by molar-refractivity contribution is 6.30. The van der Waals surface area contributed by atoms with Gasteiger partial charge in [-0.05, 0) is 36.2 Å². The second kappa shape index (κ2) is 6.73. The van der Waals surface area contributed by atoms with E-state index in [0.717, 1.165) is 29.4 Å². The van der Waals surface area contributed by atoms with E-state index in [9.17, 15) is 0 Å².